The van der Waals surface area contributed by atoms with Gasteiger partial charge in [0.1, 0.15) is 0 Å². The smallest absolute Gasteiger partial charge is 0.0225 e. The Balaban J connectivity index is 2.32. The molecular formula is C13H27NS. The molecule has 1 nitrogen and oxygen atoms in total. The van der Waals surface area contributed by atoms with E-state index in [0.29, 0.717) is 4.75 Å². The Labute approximate surface area is 99.8 Å². The summed E-state index contributed by atoms with van der Waals surface area (Å²) in [6.07, 6.45) is 6.36. The van der Waals surface area contributed by atoms with Crippen LogP contribution in [0.1, 0.15) is 47.0 Å². The predicted octanol–water partition coefficient (Wildman–Crippen LogP) is 3.54. The maximum absolute atomic E-state index is 3.75. The monoisotopic (exact) mass is 229 g/mol. The van der Waals surface area contributed by atoms with Gasteiger partial charge in [0, 0.05) is 17.3 Å². The van der Waals surface area contributed by atoms with Crippen LogP contribution in [0.25, 0.3) is 0 Å². The van der Waals surface area contributed by atoms with Gasteiger partial charge in [0.25, 0.3) is 0 Å². The molecule has 0 aromatic carbocycles. The van der Waals surface area contributed by atoms with Crippen molar-refractivity contribution in [1.29, 1.82) is 0 Å². The van der Waals surface area contributed by atoms with Crippen LogP contribution in [-0.4, -0.2) is 23.6 Å². The molecule has 1 aliphatic carbocycles. The first kappa shape index (κ1) is 13.4. The minimum Gasteiger partial charge on any atom is -0.313 e. The second-order valence-electron chi connectivity index (χ2n) is 5.96. The Bertz CT molecular complexity index is 181. The summed E-state index contributed by atoms with van der Waals surface area (Å²) >= 11 is 1.95. The molecule has 0 spiro atoms. The van der Waals surface area contributed by atoms with Crippen molar-refractivity contribution in [2.75, 3.05) is 12.8 Å². The number of nitrogens with one attached hydrogen (secondary N) is 1. The van der Waals surface area contributed by atoms with Crippen LogP contribution < -0.4 is 5.32 Å². The zero-order chi connectivity index (χ0) is 11.5. The maximum Gasteiger partial charge on any atom is 0.0225 e. The van der Waals surface area contributed by atoms with Crippen molar-refractivity contribution in [3.05, 3.63) is 0 Å². The van der Waals surface area contributed by atoms with Gasteiger partial charge in [-0.3, -0.25) is 0 Å². The highest BCUT2D eigenvalue weighted by molar-refractivity contribution is 7.99. The van der Waals surface area contributed by atoms with Gasteiger partial charge in [-0.25, -0.2) is 0 Å². The van der Waals surface area contributed by atoms with E-state index in [4.69, 9.17) is 0 Å². The lowest BCUT2D eigenvalue weighted by Gasteiger charge is -2.34. The van der Waals surface area contributed by atoms with Crippen LogP contribution in [0.4, 0.5) is 0 Å². The fourth-order valence-electron chi connectivity index (χ4n) is 2.58. The number of hydrogen-bond donors (Lipinski definition) is 1. The van der Waals surface area contributed by atoms with Gasteiger partial charge in [0.15, 0.2) is 0 Å². The van der Waals surface area contributed by atoms with Gasteiger partial charge in [-0.2, -0.15) is 11.8 Å². The molecule has 0 aromatic rings. The number of thioether (sulfide) groups is 1. The van der Waals surface area contributed by atoms with Crippen LogP contribution >= 0.6 is 11.8 Å². The lowest BCUT2D eigenvalue weighted by molar-refractivity contribution is 0.237. The molecule has 0 aliphatic heterocycles. The highest BCUT2D eigenvalue weighted by Gasteiger charge is 2.25. The van der Waals surface area contributed by atoms with Gasteiger partial charge in [0.05, 0.1) is 0 Å². The molecule has 0 amide bonds. The third-order valence-corrected chi connectivity index (χ3v) is 4.80. The van der Waals surface area contributed by atoms with Crippen LogP contribution in [0.2, 0.25) is 0 Å². The van der Waals surface area contributed by atoms with Crippen LogP contribution in [0, 0.1) is 11.8 Å². The van der Waals surface area contributed by atoms with E-state index < -0.39 is 0 Å². The second-order valence-corrected chi connectivity index (χ2v) is 7.47. The third kappa shape index (κ3) is 4.78. The Morgan fingerprint density at radius 1 is 1.13 bits per heavy atom. The van der Waals surface area contributed by atoms with E-state index in [-0.39, 0.29) is 0 Å². The lowest BCUT2D eigenvalue weighted by Crippen LogP contribution is -2.42. The molecule has 1 aliphatic rings. The summed E-state index contributed by atoms with van der Waals surface area (Å²) in [6.45, 7) is 10.6. The van der Waals surface area contributed by atoms with Gasteiger partial charge in [0.2, 0.25) is 0 Å². The van der Waals surface area contributed by atoms with Crippen LogP contribution in [0.3, 0.4) is 0 Å². The Hall–Kier alpha value is 0.310. The number of rotatable bonds is 4. The van der Waals surface area contributed by atoms with Gasteiger partial charge >= 0.3 is 0 Å². The van der Waals surface area contributed by atoms with Crippen molar-refractivity contribution in [2.24, 2.45) is 11.8 Å². The standard InChI is InChI=1S/C13H27NS/c1-10-6-11(2)8-12(7-10)14-9-13(3,4)15-5/h10-12,14H,6-9H2,1-5H3. The molecule has 0 saturated heterocycles. The quantitative estimate of drug-likeness (QED) is 0.791. The summed E-state index contributed by atoms with van der Waals surface area (Å²) < 4.78 is 0.379. The van der Waals surface area contributed by atoms with E-state index in [9.17, 15) is 0 Å². The van der Waals surface area contributed by atoms with Crippen molar-refractivity contribution >= 4 is 11.8 Å². The van der Waals surface area contributed by atoms with Crippen molar-refractivity contribution in [3.63, 3.8) is 0 Å². The zero-order valence-corrected chi connectivity index (χ0v) is 11.8. The fourth-order valence-corrected chi connectivity index (χ4v) is 2.80. The van der Waals surface area contributed by atoms with Crippen molar-refractivity contribution in [3.8, 4) is 0 Å². The van der Waals surface area contributed by atoms with Gasteiger partial charge < -0.3 is 5.32 Å². The zero-order valence-electron chi connectivity index (χ0n) is 11.0. The SMILES string of the molecule is CSC(C)(C)CNC1CC(C)CC(C)C1. The first-order valence-corrected chi connectivity index (χ1v) is 7.44. The van der Waals surface area contributed by atoms with E-state index in [2.05, 4.69) is 39.3 Å². The van der Waals surface area contributed by atoms with Crippen molar-refractivity contribution in [1.82, 2.24) is 5.32 Å². The summed E-state index contributed by atoms with van der Waals surface area (Å²) in [4.78, 5) is 0. The normalized spacial score (nSPS) is 33.0. The first-order valence-electron chi connectivity index (χ1n) is 6.21. The second kappa shape index (κ2) is 5.58. The molecular weight excluding hydrogens is 202 g/mol. The lowest BCUT2D eigenvalue weighted by atomic mass is 9.80. The summed E-state index contributed by atoms with van der Waals surface area (Å²) in [7, 11) is 0. The van der Waals surface area contributed by atoms with Gasteiger partial charge in [-0.15, -0.1) is 0 Å². The number of hydrogen-bond acceptors (Lipinski definition) is 2. The van der Waals surface area contributed by atoms with E-state index >= 15 is 0 Å². The van der Waals surface area contributed by atoms with E-state index in [0.717, 1.165) is 24.4 Å². The largest absolute Gasteiger partial charge is 0.313 e. The topological polar surface area (TPSA) is 12.0 Å². The minimum absolute atomic E-state index is 0.379. The first-order chi connectivity index (χ1) is 6.93. The van der Waals surface area contributed by atoms with Gasteiger partial charge in [-0.1, -0.05) is 13.8 Å². The summed E-state index contributed by atoms with van der Waals surface area (Å²) in [6, 6.07) is 0.759. The molecule has 1 rings (SSSR count). The Kier molecular flexibility index (Phi) is 4.98. The van der Waals surface area contributed by atoms with E-state index in [1.54, 1.807) is 0 Å². The van der Waals surface area contributed by atoms with E-state index in [1.165, 1.54) is 19.3 Å². The molecule has 15 heavy (non-hydrogen) atoms. The fraction of sp³-hybridized carbons (Fsp3) is 1.00. The Morgan fingerprint density at radius 2 is 1.67 bits per heavy atom. The molecule has 0 bridgehead atoms. The van der Waals surface area contributed by atoms with E-state index in [1.807, 2.05) is 11.8 Å². The molecule has 90 valence electrons. The Morgan fingerprint density at radius 3 is 2.13 bits per heavy atom. The average Bonchev–Trinajstić information content (AvgIpc) is 2.14. The predicted molar refractivity (Wildman–Crippen MR) is 71.6 cm³/mol. The highest BCUT2D eigenvalue weighted by Crippen LogP contribution is 2.29. The van der Waals surface area contributed by atoms with Crippen LogP contribution in [0.5, 0.6) is 0 Å². The molecule has 2 heteroatoms. The van der Waals surface area contributed by atoms with Gasteiger partial charge in [-0.05, 0) is 51.2 Å². The molecule has 2 unspecified atom stereocenters. The maximum atomic E-state index is 3.75. The molecule has 1 N–H and O–H groups in total. The molecule has 2 atom stereocenters. The molecule has 0 heterocycles. The molecule has 1 saturated carbocycles. The summed E-state index contributed by atoms with van der Waals surface area (Å²) in [5.74, 6) is 1.81. The average molecular weight is 229 g/mol. The molecule has 0 aromatic heterocycles. The van der Waals surface area contributed by atoms with Crippen LogP contribution in [-0.2, 0) is 0 Å². The third-order valence-electron chi connectivity index (χ3n) is 3.55. The molecule has 1 fully saturated rings. The summed E-state index contributed by atoms with van der Waals surface area (Å²) in [5.41, 5.74) is 0. The van der Waals surface area contributed by atoms with Crippen LogP contribution in [0.15, 0.2) is 0 Å². The minimum atomic E-state index is 0.379. The molecule has 0 radical (unpaired) electrons. The summed E-state index contributed by atoms with van der Waals surface area (Å²) in [5, 5.41) is 3.75. The van der Waals surface area contributed by atoms with Crippen molar-refractivity contribution in [2.45, 2.75) is 57.7 Å². The van der Waals surface area contributed by atoms with Crippen molar-refractivity contribution < 1.29 is 0 Å². The highest BCUT2D eigenvalue weighted by atomic mass is 32.2.